The number of nitrogens with one attached hydrogen (secondary N) is 1. The molecule has 20 heavy (non-hydrogen) atoms. The van der Waals surface area contributed by atoms with Crippen molar-refractivity contribution in [3.63, 3.8) is 0 Å². The van der Waals surface area contributed by atoms with Crippen molar-refractivity contribution in [2.75, 3.05) is 0 Å². The van der Waals surface area contributed by atoms with E-state index in [9.17, 15) is 8.42 Å². The van der Waals surface area contributed by atoms with Crippen molar-refractivity contribution in [2.45, 2.75) is 23.8 Å². The molecule has 7 heteroatoms. The Kier molecular flexibility index (Phi) is 4.82. The SMILES string of the molecule is CC(NS(=O)(=O)c1ccc(CO)s1)c1ccc(Cl)cc1. The summed E-state index contributed by atoms with van der Waals surface area (Å²) in [6, 6.07) is 9.73. The summed E-state index contributed by atoms with van der Waals surface area (Å²) in [7, 11) is -3.58. The van der Waals surface area contributed by atoms with Crippen LogP contribution in [0.5, 0.6) is 0 Å². The van der Waals surface area contributed by atoms with Crippen LogP contribution in [0.4, 0.5) is 0 Å². The van der Waals surface area contributed by atoms with Gasteiger partial charge in [0.2, 0.25) is 0 Å². The van der Waals surface area contributed by atoms with Gasteiger partial charge in [-0.25, -0.2) is 13.1 Å². The van der Waals surface area contributed by atoms with Gasteiger partial charge in [0, 0.05) is 15.9 Å². The molecular formula is C13H14ClNO3S2. The average Bonchev–Trinajstić information content (AvgIpc) is 2.88. The second kappa shape index (κ2) is 6.24. The van der Waals surface area contributed by atoms with Crippen LogP contribution in [0.2, 0.25) is 5.02 Å². The van der Waals surface area contributed by atoms with E-state index < -0.39 is 10.0 Å². The number of aliphatic hydroxyl groups excluding tert-OH is 1. The van der Waals surface area contributed by atoms with Gasteiger partial charge in [-0.1, -0.05) is 23.7 Å². The minimum atomic E-state index is -3.58. The van der Waals surface area contributed by atoms with Crippen LogP contribution in [0.1, 0.15) is 23.4 Å². The van der Waals surface area contributed by atoms with Crippen molar-refractivity contribution in [1.29, 1.82) is 0 Å². The molecule has 0 saturated heterocycles. The highest BCUT2D eigenvalue weighted by molar-refractivity contribution is 7.91. The number of thiophene rings is 1. The van der Waals surface area contributed by atoms with E-state index in [1.807, 2.05) is 0 Å². The summed E-state index contributed by atoms with van der Waals surface area (Å²) >= 11 is 6.86. The van der Waals surface area contributed by atoms with Crippen LogP contribution in [0, 0.1) is 0 Å². The highest BCUT2D eigenvalue weighted by atomic mass is 35.5. The molecule has 108 valence electrons. The molecule has 2 N–H and O–H groups in total. The first-order valence-electron chi connectivity index (χ1n) is 5.90. The van der Waals surface area contributed by atoms with Crippen molar-refractivity contribution in [3.8, 4) is 0 Å². The number of hydrogen-bond donors (Lipinski definition) is 2. The fraction of sp³-hybridized carbons (Fsp3) is 0.231. The van der Waals surface area contributed by atoms with Crippen molar-refractivity contribution in [2.24, 2.45) is 0 Å². The molecule has 0 spiro atoms. The maximum atomic E-state index is 12.2. The second-order valence-electron chi connectivity index (χ2n) is 4.27. The molecule has 1 aromatic heterocycles. The van der Waals surface area contributed by atoms with Gasteiger partial charge in [-0.05, 0) is 36.8 Å². The number of hydrogen-bond acceptors (Lipinski definition) is 4. The van der Waals surface area contributed by atoms with Crippen LogP contribution in [0.15, 0.2) is 40.6 Å². The topological polar surface area (TPSA) is 66.4 Å². The largest absolute Gasteiger partial charge is 0.391 e. The molecule has 4 nitrogen and oxygen atoms in total. The standard InChI is InChI=1S/C13H14ClNO3S2/c1-9(10-2-4-11(14)5-3-10)15-20(17,18)13-7-6-12(8-16)19-13/h2-7,9,15-16H,8H2,1H3. The molecule has 1 unspecified atom stereocenters. The van der Waals surface area contributed by atoms with E-state index in [1.54, 1.807) is 37.3 Å². The number of aliphatic hydroxyl groups is 1. The molecular weight excluding hydrogens is 318 g/mol. The Morgan fingerprint density at radius 2 is 1.90 bits per heavy atom. The number of benzene rings is 1. The molecule has 0 bridgehead atoms. The molecule has 1 atom stereocenters. The van der Waals surface area contributed by atoms with E-state index in [2.05, 4.69) is 4.72 Å². The summed E-state index contributed by atoms with van der Waals surface area (Å²) < 4.78 is 27.2. The van der Waals surface area contributed by atoms with Crippen LogP contribution in [-0.2, 0) is 16.6 Å². The van der Waals surface area contributed by atoms with E-state index in [0.717, 1.165) is 16.9 Å². The van der Waals surface area contributed by atoms with Crippen molar-refractivity contribution < 1.29 is 13.5 Å². The van der Waals surface area contributed by atoms with Crippen LogP contribution < -0.4 is 4.72 Å². The maximum Gasteiger partial charge on any atom is 0.250 e. The first-order valence-corrected chi connectivity index (χ1v) is 8.57. The van der Waals surface area contributed by atoms with Gasteiger partial charge in [-0.2, -0.15) is 0 Å². The normalized spacial score (nSPS) is 13.3. The smallest absolute Gasteiger partial charge is 0.250 e. The number of halogens is 1. The van der Waals surface area contributed by atoms with Gasteiger partial charge >= 0.3 is 0 Å². The van der Waals surface area contributed by atoms with E-state index >= 15 is 0 Å². The lowest BCUT2D eigenvalue weighted by atomic mass is 10.1. The molecule has 0 radical (unpaired) electrons. The third-order valence-electron chi connectivity index (χ3n) is 2.76. The summed E-state index contributed by atoms with van der Waals surface area (Å²) in [5, 5.41) is 9.59. The molecule has 0 fully saturated rings. The van der Waals surface area contributed by atoms with Crippen LogP contribution in [0.3, 0.4) is 0 Å². The summed E-state index contributed by atoms with van der Waals surface area (Å²) in [6.07, 6.45) is 0. The van der Waals surface area contributed by atoms with Crippen LogP contribution in [-0.4, -0.2) is 13.5 Å². The van der Waals surface area contributed by atoms with Crippen molar-refractivity contribution >= 4 is 33.0 Å². The lowest BCUT2D eigenvalue weighted by molar-refractivity contribution is 0.285. The van der Waals surface area contributed by atoms with Gasteiger partial charge in [0.1, 0.15) is 4.21 Å². The summed E-state index contributed by atoms with van der Waals surface area (Å²) in [5.74, 6) is 0. The predicted molar refractivity (Wildman–Crippen MR) is 80.4 cm³/mol. The van der Waals surface area contributed by atoms with E-state index in [1.165, 1.54) is 6.07 Å². The third kappa shape index (κ3) is 3.59. The van der Waals surface area contributed by atoms with Gasteiger partial charge in [0.05, 0.1) is 6.61 Å². The van der Waals surface area contributed by atoms with Gasteiger partial charge in [0.15, 0.2) is 0 Å². The molecule has 0 amide bonds. The fourth-order valence-electron chi connectivity index (χ4n) is 1.70. The Morgan fingerprint density at radius 3 is 2.45 bits per heavy atom. The van der Waals surface area contributed by atoms with Gasteiger partial charge < -0.3 is 5.11 Å². The van der Waals surface area contributed by atoms with E-state index in [4.69, 9.17) is 16.7 Å². The van der Waals surface area contributed by atoms with Gasteiger partial charge in [-0.3, -0.25) is 0 Å². The predicted octanol–water partition coefficient (Wildman–Crippen LogP) is 2.93. The molecule has 0 aliphatic heterocycles. The summed E-state index contributed by atoms with van der Waals surface area (Å²) in [4.78, 5) is 0.615. The van der Waals surface area contributed by atoms with E-state index in [-0.39, 0.29) is 16.9 Å². The first-order chi connectivity index (χ1) is 9.42. The lowest BCUT2D eigenvalue weighted by Crippen LogP contribution is -2.26. The molecule has 2 rings (SSSR count). The Bertz CT molecular complexity index is 680. The molecule has 1 heterocycles. The lowest BCUT2D eigenvalue weighted by Gasteiger charge is -2.13. The number of rotatable bonds is 5. The van der Waals surface area contributed by atoms with Crippen molar-refractivity contribution in [3.05, 3.63) is 51.9 Å². The first kappa shape index (κ1) is 15.5. The Hall–Kier alpha value is -0.920. The monoisotopic (exact) mass is 331 g/mol. The maximum absolute atomic E-state index is 12.2. The third-order valence-corrected chi connectivity index (χ3v) is 6.11. The zero-order valence-corrected chi connectivity index (χ0v) is 13.1. The Morgan fingerprint density at radius 1 is 1.25 bits per heavy atom. The zero-order chi connectivity index (χ0) is 14.8. The quantitative estimate of drug-likeness (QED) is 0.885. The summed E-state index contributed by atoms with van der Waals surface area (Å²) in [6.45, 7) is 1.61. The second-order valence-corrected chi connectivity index (χ2v) is 7.82. The zero-order valence-electron chi connectivity index (χ0n) is 10.7. The molecule has 2 aromatic rings. The molecule has 0 aliphatic rings. The fourth-order valence-corrected chi connectivity index (χ4v) is 4.29. The highest BCUT2D eigenvalue weighted by Gasteiger charge is 2.20. The highest BCUT2D eigenvalue weighted by Crippen LogP contribution is 2.24. The summed E-state index contributed by atoms with van der Waals surface area (Å²) in [5.41, 5.74) is 0.830. The van der Waals surface area contributed by atoms with Gasteiger partial charge in [-0.15, -0.1) is 11.3 Å². The Labute approximate surface area is 127 Å². The molecule has 0 aliphatic carbocycles. The minimum absolute atomic E-state index is 0.160. The van der Waals surface area contributed by atoms with Crippen LogP contribution >= 0.6 is 22.9 Å². The van der Waals surface area contributed by atoms with E-state index in [0.29, 0.717) is 9.90 Å². The molecule has 1 aromatic carbocycles. The number of sulfonamides is 1. The van der Waals surface area contributed by atoms with Gasteiger partial charge in [0.25, 0.3) is 10.0 Å². The minimum Gasteiger partial charge on any atom is -0.391 e. The molecule has 0 saturated carbocycles. The van der Waals surface area contributed by atoms with Crippen LogP contribution in [0.25, 0.3) is 0 Å². The average molecular weight is 332 g/mol. The van der Waals surface area contributed by atoms with Crippen molar-refractivity contribution in [1.82, 2.24) is 4.72 Å². The Balaban J connectivity index is 2.17.